The Morgan fingerprint density at radius 3 is 2.29 bits per heavy atom. The van der Waals surface area contributed by atoms with Crippen molar-refractivity contribution in [3.8, 4) is 11.5 Å². The van der Waals surface area contributed by atoms with E-state index in [1.807, 2.05) is 18.2 Å². The number of nitrogens with one attached hydrogen (secondary N) is 5. The largest absolute Gasteiger partial charge is 0.508 e. The Balaban J connectivity index is 1.28. The first-order chi connectivity index (χ1) is 33.7. The van der Waals surface area contributed by atoms with Crippen LogP contribution in [0.4, 0.5) is 0 Å². The van der Waals surface area contributed by atoms with Gasteiger partial charge in [-0.25, -0.2) is 0 Å². The highest BCUT2D eigenvalue weighted by Crippen LogP contribution is 2.25. The number of amides is 7. The predicted octanol–water partition coefficient (Wildman–Crippen LogP) is 1.64. The van der Waals surface area contributed by atoms with E-state index in [1.165, 1.54) is 28.9 Å². The fraction of sp³-hybridized carbons (Fsp3) is 0.549. The second-order valence-electron chi connectivity index (χ2n) is 18.8. The highest BCUT2D eigenvalue weighted by atomic mass is 16.5. The lowest BCUT2D eigenvalue weighted by Crippen LogP contribution is -2.61. The second-order valence-corrected chi connectivity index (χ2v) is 18.8. The van der Waals surface area contributed by atoms with Crippen LogP contribution >= 0.6 is 0 Å². The molecule has 8 atom stereocenters. The molecule has 0 spiro atoms. The summed E-state index contributed by atoms with van der Waals surface area (Å²) in [6.07, 6.45) is 4.16. The maximum Gasteiger partial charge on any atom is 0.251 e. The minimum atomic E-state index is -1.53. The minimum Gasteiger partial charge on any atom is -0.508 e. The number of ether oxygens (including phenoxy) is 1. The lowest BCUT2D eigenvalue weighted by molar-refractivity contribution is -0.144. The molecule has 19 heteroatoms. The molecule has 0 aliphatic carbocycles. The van der Waals surface area contributed by atoms with Gasteiger partial charge in [-0.2, -0.15) is 0 Å². The van der Waals surface area contributed by atoms with Crippen molar-refractivity contribution in [2.24, 2.45) is 11.5 Å². The second kappa shape index (κ2) is 25.5. The molecule has 3 aliphatic heterocycles. The monoisotopic (exact) mass is 970 g/mol. The summed E-state index contributed by atoms with van der Waals surface area (Å²) < 4.78 is 5.91. The SMILES string of the molecule is CCCCCOc1ccc2cc(C(=O)N[C@H]3CCCNC(=O)[C@@H]4CC(N)CN4C(=O)[C@H](CCCCN)NC(=O)[C@H](CCc4ccc(O)cc4)NC(=O)[C@@H]4CCCN4C(=O)[C@H](C(C)O)NC3=O)ccc2c1. The molecule has 380 valence electrons. The molecule has 19 nitrogen and oxygen atoms in total. The molecule has 3 saturated heterocycles. The molecular formula is C51H71N9O10. The summed E-state index contributed by atoms with van der Waals surface area (Å²) in [6.45, 7) is 4.60. The van der Waals surface area contributed by atoms with Gasteiger partial charge >= 0.3 is 0 Å². The van der Waals surface area contributed by atoms with Crippen molar-refractivity contribution in [1.82, 2.24) is 36.4 Å². The number of nitrogens with zero attached hydrogens (tertiary/aromatic N) is 2. The zero-order valence-corrected chi connectivity index (χ0v) is 40.3. The van der Waals surface area contributed by atoms with Crippen molar-refractivity contribution in [2.45, 2.75) is 146 Å². The first kappa shape index (κ1) is 53.0. The zero-order valence-electron chi connectivity index (χ0n) is 40.3. The third kappa shape index (κ3) is 14.2. The van der Waals surface area contributed by atoms with Crippen molar-refractivity contribution in [2.75, 3.05) is 32.8 Å². The number of rotatable bonds is 15. The van der Waals surface area contributed by atoms with Gasteiger partial charge in [0.2, 0.25) is 35.4 Å². The van der Waals surface area contributed by atoms with Crippen LogP contribution in [-0.4, -0.2) is 143 Å². The maximum absolute atomic E-state index is 14.4. The van der Waals surface area contributed by atoms with Gasteiger partial charge in [0, 0.05) is 31.2 Å². The number of nitrogens with two attached hydrogens (primary N) is 2. The lowest BCUT2D eigenvalue weighted by Gasteiger charge is -2.32. The standard InChI is InChI=1S/C51H71N9O10/c1-3-4-7-26-70-38-21-18-33-27-35(17-16-34(33)28-38)45(63)55-39-11-8-24-54-48(66)43-29-36(53)30-60(43)50(68)41(10-5-6-23-52)57-46(64)40(22-15-32-13-19-37(62)20-14-32)56-49(67)42-12-9-25-59(42)51(69)44(31(2)61)58-47(39)65/h13-14,16-21,27-28,31,36,39-44,61-62H,3-12,15,22-26,29-30,52-53H2,1-2H3,(H,54,66)(H,55,63)(H,56,67)(H,57,64)(H,58,65)/t31?,36?,39-,40-,41-,42-,43-,44-/m0/s1. The summed E-state index contributed by atoms with van der Waals surface area (Å²) in [4.78, 5) is 102. The van der Waals surface area contributed by atoms with Crippen LogP contribution in [0.3, 0.4) is 0 Å². The third-order valence-electron chi connectivity index (χ3n) is 13.3. The molecule has 11 N–H and O–H groups in total. The Labute approximate surface area is 409 Å². The van der Waals surface area contributed by atoms with Gasteiger partial charge in [-0.15, -0.1) is 0 Å². The Kier molecular flexibility index (Phi) is 19.3. The summed E-state index contributed by atoms with van der Waals surface area (Å²) in [5, 5.41) is 36.5. The van der Waals surface area contributed by atoms with E-state index in [9.17, 15) is 43.8 Å². The Bertz CT molecular complexity index is 2310. The number of fused-ring (bicyclic) bond motifs is 3. The summed E-state index contributed by atoms with van der Waals surface area (Å²) in [6, 6.07) is 9.40. The molecule has 70 heavy (non-hydrogen) atoms. The van der Waals surface area contributed by atoms with E-state index < -0.39 is 89.7 Å². The quantitative estimate of drug-likeness (QED) is 0.0984. The van der Waals surface area contributed by atoms with E-state index in [0.717, 1.165) is 35.6 Å². The molecule has 3 aromatic rings. The Morgan fingerprint density at radius 1 is 0.800 bits per heavy atom. The van der Waals surface area contributed by atoms with Crippen LogP contribution in [0.5, 0.6) is 11.5 Å². The topological polar surface area (TPSA) is 288 Å². The van der Waals surface area contributed by atoms with Crippen LogP contribution in [0.1, 0.15) is 107 Å². The smallest absolute Gasteiger partial charge is 0.251 e. The van der Waals surface area contributed by atoms with Gasteiger partial charge in [0.1, 0.15) is 47.8 Å². The highest BCUT2D eigenvalue weighted by molar-refractivity contribution is 6.02. The van der Waals surface area contributed by atoms with E-state index in [-0.39, 0.29) is 75.9 Å². The number of aliphatic hydroxyl groups is 1. The number of phenols is 1. The number of carbonyl (C=O) groups excluding carboxylic acids is 7. The molecule has 3 aliphatic rings. The molecule has 0 radical (unpaired) electrons. The molecular weight excluding hydrogens is 899 g/mol. The fourth-order valence-corrected chi connectivity index (χ4v) is 9.36. The van der Waals surface area contributed by atoms with Gasteiger partial charge in [0.25, 0.3) is 5.91 Å². The van der Waals surface area contributed by atoms with Crippen LogP contribution in [0.25, 0.3) is 10.8 Å². The van der Waals surface area contributed by atoms with Crippen LogP contribution < -0.4 is 42.8 Å². The first-order valence-electron chi connectivity index (χ1n) is 24.9. The zero-order chi connectivity index (χ0) is 50.3. The van der Waals surface area contributed by atoms with Crippen molar-refractivity contribution in [3.63, 3.8) is 0 Å². The van der Waals surface area contributed by atoms with E-state index in [1.54, 1.807) is 30.3 Å². The molecule has 2 unspecified atom stereocenters. The van der Waals surface area contributed by atoms with Gasteiger partial charge in [-0.1, -0.05) is 44.0 Å². The van der Waals surface area contributed by atoms with Gasteiger partial charge in [-0.05, 0) is 137 Å². The van der Waals surface area contributed by atoms with E-state index in [2.05, 4.69) is 33.5 Å². The number of phenolic OH excluding ortho intramolecular Hbond substituents is 1. The Hall–Kier alpha value is -6.31. The van der Waals surface area contributed by atoms with Crippen LogP contribution in [0.15, 0.2) is 60.7 Å². The average molecular weight is 970 g/mol. The lowest BCUT2D eigenvalue weighted by atomic mass is 10.0. The molecule has 6 rings (SSSR count). The van der Waals surface area contributed by atoms with Crippen molar-refractivity contribution in [3.05, 3.63) is 71.8 Å². The Morgan fingerprint density at radius 2 is 1.54 bits per heavy atom. The van der Waals surface area contributed by atoms with Gasteiger partial charge < -0.3 is 62.8 Å². The average Bonchev–Trinajstić information content (AvgIpc) is 4.01. The number of unbranched alkanes of at least 4 members (excludes halogenated alkanes) is 3. The van der Waals surface area contributed by atoms with Crippen molar-refractivity contribution < 1.29 is 48.5 Å². The normalized spacial score (nSPS) is 24.7. The molecule has 3 aromatic carbocycles. The van der Waals surface area contributed by atoms with Crippen LogP contribution in [-0.2, 0) is 35.2 Å². The van der Waals surface area contributed by atoms with Crippen molar-refractivity contribution in [1.29, 1.82) is 0 Å². The molecule has 3 heterocycles. The molecule has 0 bridgehead atoms. The van der Waals surface area contributed by atoms with E-state index in [4.69, 9.17) is 16.2 Å². The number of aromatic hydroxyl groups is 1. The molecule has 0 saturated carbocycles. The summed E-state index contributed by atoms with van der Waals surface area (Å²) in [5.41, 5.74) is 13.2. The van der Waals surface area contributed by atoms with Crippen LogP contribution in [0.2, 0.25) is 0 Å². The molecule has 0 aromatic heterocycles. The van der Waals surface area contributed by atoms with Gasteiger partial charge in [0.05, 0.1) is 12.7 Å². The van der Waals surface area contributed by atoms with Gasteiger partial charge in [-0.3, -0.25) is 33.6 Å². The van der Waals surface area contributed by atoms with Crippen LogP contribution in [0, 0.1) is 0 Å². The molecule has 3 fully saturated rings. The first-order valence-corrected chi connectivity index (χ1v) is 24.9. The summed E-state index contributed by atoms with van der Waals surface area (Å²) in [7, 11) is 0. The number of benzene rings is 3. The third-order valence-corrected chi connectivity index (χ3v) is 13.3. The predicted molar refractivity (Wildman–Crippen MR) is 262 cm³/mol. The highest BCUT2D eigenvalue weighted by Gasteiger charge is 2.43. The minimum absolute atomic E-state index is 0.00671. The van der Waals surface area contributed by atoms with Crippen molar-refractivity contribution >= 4 is 52.1 Å². The van der Waals surface area contributed by atoms with Gasteiger partial charge in [0.15, 0.2) is 0 Å². The number of hydrogen-bond acceptors (Lipinski definition) is 12. The number of aliphatic hydroxyl groups excluding tert-OH is 1. The molecule has 7 amide bonds. The van der Waals surface area contributed by atoms with E-state index >= 15 is 0 Å². The van der Waals surface area contributed by atoms with E-state index in [0.29, 0.717) is 38.2 Å². The number of aryl methyl sites for hydroxylation is 1. The maximum atomic E-state index is 14.4. The summed E-state index contributed by atoms with van der Waals surface area (Å²) in [5.74, 6) is -3.65. The summed E-state index contributed by atoms with van der Waals surface area (Å²) >= 11 is 0. The fourth-order valence-electron chi connectivity index (χ4n) is 9.36. The number of hydrogen-bond donors (Lipinski definition) is 9. The number of carbonyl (C=O) groups is 7.